The summed E-state index contributed by atoms with van der Waals surface area (Å²) in [5.41, 5.74) is 1.78. The predicted molar refractivity (Wildman–Crippen MR) is 88.2 cm³/mol. The second-order valence-corrected chi connectivity index (χ2v) is 8.23. The first-order valence-electron chi connectivity index (χ1n) is 7.77. The van der Waals surface area contributed by atoms with Crippen LogP contribution in [0.2, 0.25) is 0 Å². The monoisotopic (exact) mass is 290 g/mol. The first kappa shape index (κ1) is 14.4. The van der Waals surface area contributed by atoms with Crippen LogP contribution in [0.15, 0.2) is 30.3 Å². The molecule has 1 aromatic carbocycles. The summed E-state index contributed by atoms with van der Waals surface area (Å²) < 4.78 is 0. The Bertz CT molecular complexity index is 436. The lowest BCUT2D eigenvalue weighted by Crippen LogP contribution is -2.53. The molecule has 2 heterocycles. The average Bonchev–Trinajstić information content (AvgIpc) is 2.75. The van der Waals surface area contributed by atoms with E-state index in [9.17, 15) is 0 Å². The summed E-state index contributed by atoms with van der Waals surface area (Å²) in [6.45, 7) is 8.34. The van der Waals surface area contributed by atoms with E-state index in [4.69, 9.17) is 0 Å². The molecule has 1 N–H and O–H groups in total. The smallest absolute Gasteiger partial charge is 0.0674 e. The summed E-state index contributed by atoms with van der Waals surface area (Å²) in [6.07, 6.45) is 3.76. The van der Waals surface area contributed by atoms with Crippen LogP contribution in [0.1, 0.15) is 32.3 Å². The normalized spacial score (nSPS) is 25.1. The number of hydrogen-bond donors (Lipinski definition) is 1. The van der Waals surface area contributed by atoms with E-state index >= 15 is 0 Å². The highest BCUT2D eigenvalue weighted by molar-refractivity contribution is 8.01. The molecule has 2 nitrogen and oxygen atoms in total. The van der Waals surface area contributed by atoms with E-state index in [1.165, 1.54) is 50.2 Å². The van der Waals surface area contributed by atoms with Crippen molar-refractivity contribution in [2.24, 2.45) is 0 Å². The van der Waals surface area contributed by atoms with E-state index in [0.29, 0.717) is 10.4 Å². The number of benzene rings is 1. The third-order valence-electron chi connectivity index (χ3n) is 4.50. The summed E-state index contributed by atoms with van der Waals surface area (Å²) in [6, 6.07) is 10.9. The van der Waals surface area contributed by atoms with Gasteiger partial charge >= 0.3 is 0 Å². The van der Waals surface area contributed by atoms with Crippen LogP contribution in [0.3, 0.4) is 0 Å². The van der Waals surface area contributed by atoms with Crippen molar-refractivity contribution in [1.29, 1.82) is 0 Å². The summed E-state index contributed by atoms with van der Waals surface area (Å²) in [7, 11) is 0. The number of hydrogen-bond acceptors (Lipinski definition) is 3. The fraction of sp³-hybridized carbons (Fsp3) is 0.647. The molecule has 2 aliphatic rings. The van der Waals surface area contributed by atoms with Crippen molar-refractivity contribution in [3.63, 3.8) is 0 Å². The van der Waals surface area contributed by atoms with Crippen LogP contribution in [0.5, 0.6) is 0 Å². The Morgan fingerprint density at radius 1 is 1.15 bits per heavy atom. The van der Waals surface area contributed by atoms with E-state index in [-0.39, 0.29) is 0 Å². The van der Waals surface area contributed by atoms with E-state index in [0.717, 1.165) is 0 Å². The third-order valence-corrected chi connectivity index (χ3v) is 6.43. The third kappa shape index (κ3) is 3.38. The zero-order valence-electron chi connectivity index (χ0n) is 12.7. The van der Waals surface area contributed by atoms with Gasteiger partial charge in [-0.2, -0.15) is 0 Å². The highest BCUT2D eigenvalue weighted by atomic mass is 32.2. The van der Waals surface area contributed by atoms with Gasteiger partial charge in [0.2, 0.25) is 0 Å². The van der Waals surface area contributed by atoms with Crippen LogP contribution in [-0.2, 0) is 6.42 Å². The Morgan fingerprint density at radius 3 is 2.45 bits per heavy atom. The van der Waals surface area contributed by atoms with Gasteiger partial charge in [-0.05, 0) is 38.7 Å². The second-order valence-electron chi connectivity index (χ2n) is 6.87. The van der Waals surface area contributed by atoms with Gasteiger partial charge in [0.15, 0.2) is 0 Å². The van der Waals surface area contributed by atoms with Gasteiger partial charge in [0, 0.05) is 30.9 Å². The number of nitrogens with zero attached hydrogens (tertiary/aromatic N) is 1. The topological polar surface area (TPSA) is 15.3 Å². The molecule has 0 amide bonds. The molecule has 20 heavy (non-hydrogen) atoms. The molecular formula is C17H26N2S. The molecule has 0 saturated carbocycles. The van der Waals surface area contributed by atoms with Gasteiger partial charge in [0.25, 0.3) is 0 Å². The van der Waals surface area contributed by atoms with Crippen molar-refractivity contribution in [2.45, 2.75) is 43.5 Å². The Labute approximate surface area is 127 Å². The molecule has 110 valence electrons. The number of likely N-dealkylation sites (tertiary alicyclic amines) is 1. The van der Waals surface area contributed by atoms with Crippen LogP contribution in [0, 0.1) is 0 Å². The van der Waals surface area contributed by atoms with Gasteiger partial charge in [-0.1, -0.05) is 30.3 Å². The van der Waals surface area contributed by atoms with Crippen molar-refractivity contribution < 1.29 is 0 Å². The molecule has 1 aromatic rings. The minimum Gasteiger partial charge on any atom is -0.303 e. The number of rotatable bonds is 3. The molecule has 2 saturated heterocycles. The van der Waals surface area contributed by atoms with E-state index in [1.807, 2.05) is 0 Å². The molecule has 3 rings (SSSR count). The first-order valence-corrected chi connectivity index (χ1v) is 8.75. The van der Waals surface area contributed by atoms with E-state index in [2.05, 4.69) is 66.2 Å². The predicted octanol–water partition coefficient (Wildman–Crippen LogP) is 3.14. The van der Waals surface area contributed by atoms with Gasteiger partial charge in [0.1, 0.15) is 0 Å². The van der Waals surface area contributed by atoms with Crippen LogP contribution < -0.4 is 5.32 Å². The van der Waals surface area contributed by atoms with Crippen molar-refractivity contribution in [1.82, 2.24) is 10.2 Å². The van der Waals surface area contributed by atoms with Gasteiger partial charge in [-0.15, -0.1) is 11.8 Å². The summed E-state index contributed by atoms with van der Waals surface area (Å²) >= 11 is 2.15. The van der Waals surface area contributed by atoms with Crippen LogP contribution in [0.4, 0.5) is 0 Å². The zero-order valence-corrected chi connectivity index (χ0v) is 13.5. The van der Waals surface area contributed by atoms with E-state index < -0.39 is 0 Å². The molecule has 0 unspecified atom stereocenters. The summed E-state index contributed by atoms with van der Waals surface area (Å²) in [4.78, 5) is 3.00. The van der Waals surface area contributed by atoms with Crippen LogP contribution in [-0.4, -0.2) is 40.7 Å². The average molecular weight is 290 g/mol. The molecule has 1 spiro atoms. The Kier molecular flexibility index (Phi) is 4.11. The summed E-state index contributed by atoms with van der Waals surface area (Å²) in [5.74, 6) is 1.25. The first-order chi connectivity index (χ1) is 9.57. The zero-order chi connectivity index (χ0) is 14.1. The quantitative estimate of drug-likeness (QED) is 0.921. The lowest BCUT2D eigenvalue weighted by atomic mass is 9.99. The SMILES string of the molecule is CC1(C)CSC2(CCN(CCc3ccccc3)CC2)N1. The Balaban J connectivity index is 1.47. The molecule has 0 aliphatic carbocycles. The van der Waals surface area contributed by atoms with E-state index in [1.54, 1.807) is 0 Å². The maximum Gasteiger partial charge on any atom is 0.0674 e. The molecule has 2 aliphatic heterocycles. The van der Waals surface area contributed by atoms with Crippen molar-refractivity contribution in [2.75, 3.05) is 25.4 Å². The Morgan fingerprint density at radius 2 is 1.85 bits per heavy atom. The van der Waals surface area contributed by atoms with Crippen molar-refractivity contribution >= 4 is 11.8 Å². The van der Waals surface area contributed by atoms with Crippen molar-refractivity contribution in [3.05, 3.63) is 35.9 Å². The van der Waals surface area contributed by atoms with Crippen LogP contribution in [0.25, 0.3) is 0 Å². The van der Waals surface area contributed by atoms with Gasteiger partial charge in [-0.3, -0.25) is 5.32 Å². The number of nitrogens with one attached hydrogen (secondary N) is 1. The molecule has 2 fully saturated rings. The van der Waals surface area contributed by atoms with Gasteiger partial charge in [-0.25, -0.2) is 0 Å². The highest BCUT2D eigenvalue weighted by Crippen LogP contribution is 2.42. The minimum absolute atomic E-state index is 0.316. The Hall–Kier alpha value is -0.510. The van der Waals surface area contributed by atoms with Crippen molar-refractivity contribution in [3.8, 4) is 0 Å². The molecule has 0 aromatic heterocycles. The lowest BCUT2D eigenvalue weighted by Gasteiger charge is -2.40. The summed E-state index contributed by atoms with van der Waals surface area (Å²) in [5, 5.41) is 3.88. The number of thioether (sulfide) groups is 1. The van der Waals surface area contributed by atoms with Gasteiger partial charge in [0.05, 0.1) is 4.87 Å². The fourth-order valence-corrected chi connectivity index (χ4v) is 4.88. The highest BCUT2D eigenvalue weighted by Gasteiger charge is 2.44. The standard InChI is InChI=1S/C17H26N2S/c1-16(2)14-20-17(18-16)9-12-19(13-10-17)11-8-15-6-4-3-5-7-15/h3-7,18H,8-14H2,1-2H3. The molecular weight excluding hydrogens is 264 g/mol. The molecule has 0 radical (unpaired) electrons. The lowest BCUT2D eigenvalue weighted by molar-refractivity contribution is 0.175. The maximum absolute atomic E-state index is 3.88. The molecule has 0 atom stereocenters. The maximum atomic E-state index is 3.88. The molecule has 0 bridgehead atoms. The molecule has 3 heteroatoms. The largest absolute Gasteiger partial charge is 0.303 e. The van der Waals surface area contributed by atoms with Crippen LogP contribution >= 0.6 is 11.8 Å². The van der Waals surface area contributed by atoms with Gasteiger partial charge < -0.3 is 4.90 Å². The minimum atomic E-state index is 0.316. The fourth-order valence-electron chi connectivity index (χ4n) is 3.35. The number of piperidine rings is 1. The second kappa shape index (κ2) is 5.70.